The summed E-state index contributed by atoms with van der Waals surface area (Å²) in [6.45, 7) is 17.2. The van der Waals surface area contributed by atoms with E-state index in [9.17, 15) is 0 Å². The van der Waals surface area contributed by atoms with Crippen LogP contribution in [-0.4, -0.2) is 48.1 Å². The summed E-state index contributed by atoms with van der Waals surface area (Å²) in [5, 5.41) is 0. The molecule has 0 fully saturated rings. The zero-order valence-electron chi connectivity index (χ0n) is 11.8. The predicted octanol–water partition coefficient (Wildman–Crippen LogP) is 2.84. The van der Waals surface area contributed by atoms with Gasteiger partial charge in [-0.1, -0.05) is 13.8 Å². The molecule has 15 heavy (non-hydrogen) atoms. The van der Waals surface area contributed by atoms with Gasteiger partial charge in [-0.3, -0.25) is 4.90 Å². The molecule has 0 atom stereocenters. The molecular formula is C13H30N2. The first-order valence-corrected chi connectivity index (χ1v) is 6.30. The van der Waals surface area contributed by atoms with Crippen molar-refractivity contribution in [1.29, 1.82) is 0 Å². The van der Waals surface area contributed by atoms with Crippen LogP contribution in [0.5, 0.6) is 0 Å². The first kappa shape index (κ1) is 14.9. The number of hydrogen-bond acceptors (Lipinski definition) is 2. The van der Waals surface area contributed by atoms with Crippen molar-refractivity contribution in [1.82, 2.24) is 9.80 Å². The zero-order chi connectivity index (χ0) is 12.1. The van der Waals surface area contributed by atoms with E-state index in [1.807, 2.05) is 0 Å². The Bertz CT molecular complexity index is 160. The lowest BCUT2D eigenvalue weighted by molar-refractivity contribution is 0.107. The smallest absolute Gasteiger partial charge is 0.0165 e. The molecular weight excluding hydrogens is 184 g/mol. The van der Waals surface area contributed by atoms with Crippen molar-refractivity contribution in [3.63, 3.8) is 0 Å². The average molecular weight is 214 g/mol. The summed E-state index contributed by atoms with van der Waals surface area (Å²) in [6.07, 6.45) is 1.24. The first-order chi connectivity index (χ1) is 6.85. The fraction of sp³-hybridized carbons (Fsp3) is 1.00. The second kappa shape index (κ2) is 6.49. The summed E-state index contributed by atoms with van der Waals surface area (Å²) in [4.78, 5) is 4.96. The van der Waals surface area contributed by atoms with Crippen LogP contribution >= 0.6 is 0 Å². The second-order valence-corrected chi connectivity index (χ2v) is 5.31. The fourth-order valence-corrected chi connectivity index (χ4v) is 1.95. The molecule has 0 bridgehead atoms. The quantitative estimate of drug-likeness (QED) is 0.643. The van der Waals surface area contributed by atoms with Gasteiger partial charge in [-0.2, -0.15) is 0 Å². The summed E-state index contributed by atoms with van der Waals surface area (Å²) in [6, 6.07) is 0.650. The van der Waals surface area contributed by atoms with Crippen LogP contribution in [0.25, 0.3) is 0 Å². The number of rotatable bonds is 7. The van der Waals surface area contributed by atoms with Crippen LogP contribution in [0.4, 0.5) is 0 Å². The Morgan fingerprint density at radius 3 is 1.87 bits per heavy atom. The van der Waals surface area contributed by atoms with E-state index in [1.165, 1.54) is 13.0 Å². The van der Waals surface area contributed by atoms with Crippen LogP contribution in [0, 0.1) is 0 Å². The molecule has 0 spiro atoms. The zero-order valence-corrected chi connectivity index (χ0v) is 11.8. The van der Waals surface area contributed by atoms with Crippen molar-refractivity contribution >= 4 is 0 Å². The maximum absolute atomic E-state index is 2.54. The van der Waals surface area contributed by atoms with E-state index in [1.54, 1.807) is 0 Å². The van der Waals surface area contributed by atoms with Gasteiger partial charge in [0, 0.05) is 11.6 Å². The van der Waals surface area contributed by atoms with Crippen molar-refractivity contribution in [3.05, 3.63) is 0 Å². The van der Waals surface area contributed by atoms with Crippen LogP contribution in [0.15, 0.2) is 0 Å². The second-order valence-electron chi connectivity index (χ2n) is 5.31. The SMILES string of the molecule is CCN(CC)C(C)(C)CCN(C)C(C)C. The maximum Gasteiger partial charge on any atom is 0.0165 e. The Labute approximate surface area is 96.6 Å². The lowest BCUT2D eigenvalue weighted by Gasteiger charge is -2.38. The van der Waals surface area contributed by atoms with E-state index in [2.05, 4.69) is 58.4 Å². The highest BCUT2D eigenvalue weighted by molar-refractivity contribution is 4.81. The van der Waals surface area contributed by atoms with Crippen LogP contribution in [0.3, 0.4) is 0 Å². The van der Waals surface area contributed by atoms with E-state index in [0.29, 0.717) is 11.6 Å². The molecule has 0 rings (SSSR count). The average Bonchev–Trinajstić information content (AvgIpc) is 2.15. The van der Waals surface area contributed by atoms with E-state index in [4.69, 9.17) is 0 Å². The Balaban J connectivity index is 4.13. The van der Waals surface area contributed by atoms with Gasteiger partial charge in [-0.15, -0.1) is 0 Å². The fourth-order valence-electron chi connectivity index (χ4n) is 1.95. The molecule has 92 valence electrons. The lowest BCUT2D eigenvalue weighted by Crippen LogP contribution is -2.46. The maximum atomic E-state index is 2.54. The molecule has 0 saturated carbocycles. The van der Waals surface area contributed by atoms with Crippen molar-refractivity contribution in [3.8, 4) is 0 Å². The topological polar surface area (TPSA) is 6.48 Å². The number of nitrogens with zero attached hydrogens (tertiary/aromatic N) is 2. The van der Waals surface area contributed by atoms with Crippen molar-refractivity contribution in [2.45, 2.75) is 59.5 Å². The van der Waals surface area contributed by atoms with Crippen LogP contribution in [-0.2, 0) is 0 Å². The van der Waals surface area contributed by atoms with Crippen LogP contribution in [0.1, 0.15) is 48.0 Å². The molecule has 0 radical (unpaired) electrons. The Hall–Kier alpha value is -0.0800. The van der Waals surface area contributed by atoms with Crippen LogP contribution < -0.4 is 0 Å². The van der Waals surface area contributed by atoms with Gasteiger partial charge in [0.25, 0.3) is 0 Å². The van der Waals surface area contributed by atoms with Gasteiger partial charge in [0.2, 0.25) is 0 Å². The Kier molecular flexibility index (Phi) is 6.46. The summed E-state index contributed by atoms with van der Waals surface area (Å²) < 4.78 is 0. The molecule has 0 saturated heterocycles. The largest absolute Gasteiger partial charge is 0.304 e. The normalized spacial score (nSPS) is 13.2. The highest BCUT2D eigenvalue weighted by Gasteiger charge is 2.24. The standard InChI is InChI=1S/C13H30N2/c1-8-15(9-2)13(5,6)10-11-14(7)12(3)4/h12H,8-11H2,1-7H3. The molecule has 0 aromatic carbocycles. The molecule has 0 heterocycles. The summed E-state index contributed by atoms with van der Waals surface area (Å²) in [5.41, 5.74) is 0.326. The molecule has 2 heteroatoms. The minimum absolute atomic E-state index is 0.326. The number of hydrogen-bond donors (Lipinski definition) is 0. The molecule has 0 N–H and O–H groups in total. The highest BCUT2D eigenvalue weighted by atomic mass is 15.2. The molecule has 0 unspecified atom stereocenters. The van der Waals surface area contributed by atoms with Gasteiger partial charge < -0.3 is 4.90 Å². The highest BCUT2D eigenvalue weighted by Crippen LogP contribution is 2.18. The van der Waals surface area contributed by atoms with Gasteiger partial charge in [0.1, 0.15) is 0 Å². The molecule has 0 aromatic heterocycles. The van der Waals surface area contributed by atoms with E-state index in [0.717, 1.165) is 13.1 Å². The molecule has 0 aliphatic carbocycles. The van der Waals surface area contributed by atoms with Gasteiger partial charge >= 0.3 is 0 Å². The summed E-state index contributed by atoms with van der Waals surface area (Å²) in [5.74, 6) is 0. The van der Waals surface area contributed by atoms with Gasteiger partial charge in [0.05, 0.1) is 0 Å². The monoisotopic (exact) mass is 214 g/mol. The minimum atomic E-state index is 0.326. The predicted molar refractivity (Wildman–Crippen MR) is 69.4 cm³/mol. The summed E-state index contributed by atoms with van der Waals surface area (Å²) in [7, 11) is 2.21. The van der Waals surface area contributed by atoms with Crippen molar-refractivity contribution in [2.24, 2.45) is 0 Å². The third-order valence-corrected chi connectivity index (χ3v) is 3.58. The lowest BCUT2D eigenvalue weighted by atomic mass is 9.97. The van der Waals surface area contributed by atoms with E-state index in [-0.39, 0.29) is 0 Å². The minimum Gasteiger partial charge on any atom is -0.304 e. The van der Waals surface area contributed by atoms with Gasteiger partial charge in [-0.25, -0.2) is 0 Å². The Morgan fingerprint density at radius 1 is 1.07 bits per heavy atom. The third-order valence-electron chi connectivity index (χ3n) is 3.58. The first-order valence-electron chi connectivity index (χ1n) is 6.30. The Morgan fingerprint density at radius 2 is 1.53 bits per heavy atom. The molecule has 0 aliphatic rings. The molecule has 2 nitrogen and oxygen atoms in total. The third kappa shape index (κ3) is 4.98. The molecule has 0 amide bonds. The van der Waals surface area contributed by atoms with Crippen molar-refractivity contribution in [2.75, 3.05) is 26.7 Å². The van der Waals surface area contributed by atoms with Gasteiger partial charge in [0.15, 0.2) is 0 Å². The molecule has 0 aromatic rings. The molecule has 0 aliphatic heterocycles. The van der Waals surface area contributed by atoms with Gasteiger partial charge in [-0.05, 0) is 60.8 Å². The van der Waals surface area contributed by atoms with Crippen LogP contribution in [0.2, 0.25) is 0 Å². The van der Waals surface area contributed by atoms with Crippen molar-refractivity contribution < 1.29 is 0 Å². The summed E-state index contributed by atoms with van der Waals surface area (Å²) >= 11 is 0. The van der Waals surface area contributed by atoms with E-state index < -0.39 is 0 Å². The van der Waals surface area contributed by atoms with E-state index >= 15 is 0 Å².